The zero-order chi connectivity index (χ0) is 13.1. The van der Waals surface area contributed by atoms with E-state index in [4.69, 9.17) is 15.2 Å². The van der Waals surface area contributed by atoms with Crippen LogP contribution in [0.3, 0.4) is 0 Å². The lowest BCUT2D eigenvalue weighted by atomic mass is 9.91. The molecule has 1 aliphatic rings. The van der Waals surface area contributed by atoms with Gasteiger partial charge in [0.1, 0.15) is 0 Å². The largest absolute Gasteiger partial charge is 0.493 e. The van der Waals surface area contributed by atoms with Gasteiger partial charge in [-0.1, -0.05) is 19.4 Å². The number of rotatable bonds is 4. The maximum Gasteiger partial charge on any atom is 0.161 e. The first kappa shape index (κ1) is 13.2. The number of hydrogen-bond donors (Lipinski definition) is 1. The van der Waals surface area contributed by atoms with Gasteiger partial charge in [0.2, 0.25) is 0 Å². The highest BCUT2D eigenvalue weighted by atomic mass is 16.5. The van der Waals surface area contributed by atoms with Crippen molar-refractivity contribution in [2.75, 3.05) is 14.2 Å². The SMILES string of the molecule is COc1ccc(C(N)C2CCC(C)C2)cc1OC. The maximum atomic E-state index is 6.38. The van der Waals surface area contributed by atoms with E-state index < -0.39 is 0 Å². The molecule has 1 saturated carbocycles. The molecule has 1 aliphatic carbocycles. The lowest BCUT2D eigenvalue weighted by Crippen LogP contribution is -2.19. The normalized spacial score (nSPS) is 24.9. The van der Waals surface area contributed by atoms with E-state index in [0.29, 0.717) is 5.92 Å². The third-order valence-electron chi connectivity index (χ3n) is 4.04. The van der Waals surface area contributed by atoms with Gasteiger partial charge in [-0.15, -0.1) is 0 Å². The van der Waals surface area contributed by atoms with Crippen molar-refractivity contribution >= 4 is 0 Å². The molecule has 0 saturated heterocycles. The van der Waals surface area contributed by atoms with Crippen LogP contribution >= 0.6 is 0 Å². The van der Waals surface area contributed by atoms with E-state index >= 15 is 0 Å². The summed E-state index contributed by atoms with van der Waals surface area (Å²) in [6.45, 7) is 2.31. The van der Waals surface area contributed by atoms with Gasteiger partial charge in [0.05, 0.1) is 14.2 Å². The molecule has 2 N–H and O–H groups in total. The van der Waals surface area contributed by atoms with Crippen LogP contribution in [0, 0.1) is 11.8 Å². The van der Waals surface area contributed by atoms with Gasteiger partial charge in [0.15, 0.2) is 11.5 Å². The van der Waals surface area contributed by atoms with E-state index in [2.05, 4.69) is 13.0 Å². The second-order valence-corrected chi connectivity index (χ2v) is 5.32. The lowest BCUT2D eigenvalue weighted by molar-refractivity contribution is 0.352. The Kier molecular flexibility index (Phi) is 4.12. The highest BCUT2D eigenvalue weighted by molar-refractivity contribution is 5.43. The van der Waals surface area contributed by atoms with Crippen LogP contribution in [0.15, 0.2) is 18.2 Å². The minimum absolute atomic E-state index is 0.106. The highest BCUT2D eigenvalue weighted by Gasteiger charge is 2.27. The molecule has 2 rings (SSSR count). The summed E-state index contributed by atoms with van der Waals surface area (Å²) in [6.07, 6.45) is 3.76. The minimum Gasteiger partial charge on any atom is -0.493 e. The Bertz CT molecular complexity index is 405. The topological polar surface area (TPSA) is 44.5 Å². The Morgan fingerprint density at radius 3 is 2.44 bits per heavy atom. The Balaban J connectivity index is 2.17. The summed E-state index contributed by atoms with van der Waals surface area (Å²) >= 11 is 0. The summed E-state index contributed by atoms with van der Waals surface area (Å²) in [5.74, 6) is 2.92. The zero-order valence-corrected chi connectivity index (χ0v) is 11.5. The van der Waals surface area contributed by atoms with Gasteiger partial charge in [-0.05, 0) is 42.4 Å². The van der Waals surface area contributed by atoms with Crippen LogP contribution in [-0.2, 0) is 0 Å². The Labute approximate surface area is 109 Å². The predicted octanol–water partition coefficient (Wildman–Crippen LogP) is 3.14. The standard InChI is InChI=1S/C15H23NO2/c1-10-4-5-11(8-10)15(16)12-6-7-13(17-2)14(9-12)18-3/h6-7,9-11,15H,4-5,8,16H2,1-3H3. The molecular weight excluding hydrogens is 226 g/mol. The Morgan fingerprint density at radius 1 is 1.17 bits per heavy atom. The summed E-state index contributed by atoms with van der Waals surface area (Å²) in [6, 6.07) is 6.10. The molecule has 0 spiro atoms. The first-order valence-corrected chi connectivity index (χ1v) is 6.63. The molecule has 100 valence electrons. The van der Waals surface area contributed by atoms with Crippen molar-refractivity contribution in [3.05, 3.63) is 23.8 Å². The van der Waals surface area contributed by atoms with E-state index in [1.165, 1.54) is 19.3 Å². The maximum absolute atomic E-state index is 6.38. The molecule has 18 heavy (non-hydrogen) atoms. The summed E-state index contributed by atoms with van der Waals surface area (Å²) in [4.78, 5) is 0. The molecule has 0 heterocycles. The molecule has 0 aliphatic heterocycles. The van der Waals surface area contributed by atoms with E-state index in [1.807, 2.05) is 12.1 Å². The first-order valence-electron chi connectivity index (χ1n) is 6.63. The van der Waals surface area contributed by atoms with Crippen LogP contribution in [-0.4, -0.2) is 14.2 Å². The van der Waals surface area contributed by atoms with Crippen LogP contribution in [0.2, 0.25) is 0 Å². The van der Waals surface area contributed by atoms with Gasteiger partial charge in [-0.25, -0.2) is 0 Å². The molecule has 1 aromatic rings. The fourth-order valence-corrected chi connectivity index (χ4v) is 2.91. The molecule has 1 fully saturated rings. The third-order valence-corrected chi connectivity index (χ3v) is 4.04. The molecule has 3 unspecified atom stereocenters. The fourth-order valence-electron chi connectivity index (χ4n) is 2.91. The average Bonchev–Trinajstić information content (AvgIpc) is 2.83. The lowest BCUT2D eigenvalue weighted by Gasteiger charge is -2.20. The number of benzene rings is 1. The molecular formula is C15H23NO2. The third kappa shape index (κ3) is 2.61. The van der Waals surface area contributed by atoms with Crippen molar-refractivity contribution < 1.29 is 9.47 Å². The van der Waals surface area contributed by atoms with E-state index in [1.54, 1.807) is 14.2 Å². The zero-order valence-electron chi connectivity index (χ0n) is 11.5. The smallest absolute Gasteiger partial charge is 0.161 e. The highest BCUT2D eigenvalue weighted by Crippen LogP contribution is 2.39. The van der Waals surface area contributed by atoms with Crippen LogP contribution in [0.5, 0.6) is 11.5 Å². The molecule has 0 radical (unpaired) electrons. The molecule has 3 atom stereocenters. The summed E-state index contributed by atoms with van der Waals surface area (Å²) in [7, 11) is 3.31. The molecule has 1 aromatic carbocycles. The van der Waals surface area contributed by atoms with Crippen molar-refractivity contribution in [3.8, 4) is 11.5 Å². The molecule has 0 bridgehead atoms. The van der Waals surface area contributed by atoms with Crippen molar-refractivity contribution in [2.24, 2.45) is 17.6 Å². The molecule has 0 amide bonds. The Hall–Kier alpha value is -1.22. The van der Waals surface area contributed by atoms with Crippen LogP contribution in [0.1, 0.15) is 37.8 Å². The monoisotopic (exact) mass is 249 g/mol. The quantitative estimate of drug-likeness (QED) is 0.891. The van der Waals surface area contributed by atoms with Gasteiger partial charge in [-0.3, -0.25) is 0 Å². The van der Waals surface area contributed by atoms with E-state index in [0.717, 1.165) is 23.0 Å². The average molecular weight is 249 g/mol. The number of ether oxygens (including phenoxy) is 2. The van der Waals surface area contributed by atoms with Gasteiger partial charge in [-0.2, -0.15) is 0 Å². The van der Waals surface area contributed by atoms with Gasteiger partial charge in [0.25, 0.3) is 0 Å². The summed E-state index contributed by atoms with van der Waals surface area (Å²) < 4.78 is 10.6. The van der Waals surface area contributed by atoms with Gasteiger partial charge < -0.3 is 15.2 Å². The number of nitrogens with two attached hydrogens (primary N) is 1. The van der Waals surface area contributed by atoms with Crippen molar-refractivity contribution in [1.82, 2.24) is 0 Å². The Morgan fingerprint density at radius 2 is 1.89 bits per heavy atom. The first-order chi connectivity index (χ1) is 8.65. The van der Waals surface area contributed by atoms with Crippen molar-refractivity contribution in [1.29, 1.82) is 0 Å². The number of hydrogen-bond acceptors (Lipinski definition) is 3. The molecule has 0 aromatic heterocycles. The van der Waals surface area contributed by atoms with Crippen molar-refractivity contribution in [2.45, 2.75) is 32.2 Å². The van der Waals surface area contributed by atoms with Crippen molar-refractivity contribution in [3.63, 3.8) is 0 Å². The summed E-state index contributed by atoms with van der Waals surface area (Å²) in [5.41, 5.74) is 7.53. The second-order valence-electron chi connectivity index (χ2n) is 5.32. The van der Waals surface area contributed by atoms with Gasteiger partial charge >= 0.3 is 0 Å². The van der Waals surface area contributed by atoms with Crippen LogP contribution in [0.25, 0.3) is 0 Å². The van der Waals surface area contributed by atoms with E-state index in [-0.39, 0.29) is 6.04 Å². The predicted molar refractivity (Wildman–Crippen MR) is 73.0 cm³/mol. The number of methoxy groups -OCH3 is 2. The minimum atomic E-state index is 0.106. The van der Waals surface area contributed by atoms with E-state index in [9.17, 15) is 0 Å². The van der Waals surface area contributed by atoms with Crippen LogP contribution < -0.4 is 15.2 Å². The molecule has 3 nitrogen and oxygen atoms in total. The molecule has 3 heteroatoms. The second kappa shape index (κ2) is 5.61. The van der Waals surface area contributed by atoms with Crippen LogP contribution in [0.4, 0.5) is 0 Å². The fraction of sp³-hybridized carbons (Fsp3) is 0.600. The van der Waals surface area contributed by atoms with Gasteiger partial charge in [0, 0.05) is 6.04 Å². The summed E-state index contributed by atoms with van der Waals surface area (Å²) in [5, 5.41) is 0.